The highest BCUT2D eigenvalue weighted by molar-refractivity contribution is 5.87. The number of ether oxygens (including phenoxy) is 1. The predicted octanol–water partition coefficient (Wildman–Crippen LogP) is 5.19. The topological polar surface area (TPSA) is 46.5 Å². The van der Waals surface area contributed by atoms with Crippen molar-refractivity contribution in [2.75, 3.05) is 6.61 Å². The first-order chi connectivity index (χ1) is 12.6. The van der Waals surface area contributed by atoms with Gasteiger partial charge in [0.15, 0.2) is 5.78 Å². The van der Waals surface area contributed by atoms with Crippen molar-refractivity contribution in [3.8, 4) is 11.5 Å². The van der Waals surface area contributed by atoms with E-state index in [0.717, 1.165) is 37.0 Å². The van der Waals surface area contributed by atoms with Gasteiger partial charge in [-0.3, -0.25) is 4.79 Å². The molecule has 3 heteroatoms. The third-order valence-electron chi connectivity index (χ3n) is 5.02. The minimum atomic E-state index is 0.156. The van der Waals surface area contributed by atoms with Crippen LogP contribution < -0.4 is 4.74 Å². The van der Waals surface area contributed by atoms with Gasteiger partial charge in [-0.15, -0.1) is 0 Å². The number of phenols is 1. The first kappa shape index (κ1) is 18.2. The third-order valence-corrected chi connectivity index (χ3v) is 5.02. The fraction of sp³-hybridized carbons (Fsp3) is 0.348. The summed E-state index contributed by atoms with van der Waals surface area (Å²) in [5, 5.41) is 9.78. The molecule has 1 aliphatic rings. The van der Waals surface area contributed by atoms with Crippen LogP contribution in [0, 0.1) is 0 Å². The summed E-state index contributed by atoms with van der Waals surface area (Å²) >= 11 is 0. The van der Waals surface area contributed by atoms with E-state index in [2.05, 4.69) is 12.1 Å². The molecule has 1 aliphatic carbocycles. The molecule has 3 nitrogen and oxygen atoms in total. The number of allylic oxidation sites excluding steroid dienone is 2. The smallest absolute Gasteiger partial charge is 0.152 e. The van der Waals surface area contributed by atoms with Crippen molar-refractivity contribution in [3.05, 3.63) is 71.3 Å². The van der Waals surface area contributed by atoms with Crippen LogP contribution in [0.1, 0.15) is 49.7 Å². The zero-order valence-electron chi connectivity index (χ0n) is 15.3. The molecule has 1 fully saturated rings. The van der Waals surface area contributed by atoms with Crippen molar-refractivity contribution in [2.45, 2.75) is 44.9 Å². The SMILES string of the molecule is CC(=O)C=C1CCC(c2ccc(OCCc3ccccc3O)cc2)CC1. The number of hydrogen-bond acceptors (Lipinski definition) is 3. The average Bonchev–Trinajstić information content (AvgIpc) is 2.64. The van der Waals surface area contributed by atoms with Crippen molar-refractivity contribution in [1.29, 1.82) is 0 Å². The molecule has 0 bridgehead atoms. The number of hydrogen-bond donors (Lipinski definition) is 1. The Bertz CT molecular complexity index is 764. The summed E-state index contributed by atoms with van der Waals surface area (Å²) in [6.45, 7) is 2.16. The first-order valence-corrected chi connectivity index (χ1v) is 9.31. The van der Waals surface area contributed by atoms with Gasteiger partial charge in [0.1, 0.15) is 11.5 Å². The van der Waals surface area contributed by atoms with Gasteiger partial charge < -0.3 is 9.84 Å². The molecule has 136 valence electrons. The van der Waals surface area contributed by atoms with Gasteiger partial charge in [0.05, 0.1) is 6.61 Å². The van der Waals surface area contributed by atoms with E-state index in [9.17, 15) is 9.90 Å². The zero-order valence-corrected chi connectivity index (χ0v) is 15.3. The maximum atomic E-state index is 11.2. The second-order valence-corrected chi connectivity index (χ2v) is 6.98. The lowest BCUT2D eigenvalue weighted by atomic mass is 9.81. The van der Waals surface area contributed by atoms with Crippen molar-refractivity contribution < 1.29 is 14.6 Å². The number of phenolic OH excluding ortho intramolecular Hbond substituents is 1. The van der Waals surface area contributed by atoms with Crippen molar-refractivity contribution in [1.82, 2.24) is 0 Å². The molecule has 3 rings (SSSR count). The van der Waals surface area contributed by atoms with Crippen LogP contribution in [0.2, 0.25) is 0 Å². The fourth-order valence-corrected chi connectivity index (χ4v) is 3.59. The van der Waals surface area contributed by atoms with E-state index in [4.69, 9.17) is 4.74 Å². The van der Waals surface area contributed by atoms with E-state index in [-0.39, 0.29) is 5.78 Å². The number of para-hydroxylation sites is 1. The van der Waals surface area contributed by atoms with E-state index < -0.39 is 0 Å². The Kier molecular flexibility index (Phi) is 6.11. The predicted molar refractivity (Wildman–Crippen MR) is 104 cm³/mol. The fourth-order valence-electron chi connectivity index (χ4n) is 3.59. The Hall–Kier alpha value is -2.55. The zero-order chi connectivity index (χ0) is 18.4. The monoisotopic (exact) mass is 350 g/mol. The molecule has 0 spiro atoms. The molecule has 1 N–H and O–H groups in total. The minimum absolute atomic E-state index is 0.156. The van der Waals surface area contributed by atoms with Gasteiger partial charge in [-0.05, 0) is 73.9 Å². The molecule has 0 aliphatic heterocycles. The lowest BCUT2D eigenvalue weighted by molar-refractivity contribution is -0.112. The van der Waals surface area contributed by atoms with E-state index in [1.54, 1.807) is 19.1 Å². The van der Waals surface area contributed by atoms with Crippen LogP contribution in [0.4, 0.5) is 0 Å². The highest BCUT2D eigenvalue weighted by Crippen LogP contribution is 2.36. The van der Waals surface area contributed by atoms with Gasteiger partial charge >= 0.3 is 0 Å². The second kappa shape index (κ2) is 8.70. The molecule has 2 aromatic carbocycles. The largest absolute Gasteiger partial charge is 0.508 e. The maximum Gasteiger partial charge on any atom is 0.152 e. The van der Waals surface area contributed by atoms with Gasteiger partial charge in [-0.2, -0.15) is 0 Å². The van der Waals surface area contributed by atoms with Crippen LogP contribution in [0.3, 0.4) is 0 Å². The Labute approximate surface area is 155 Å². The molecular weight excluding hydrogens is 324 g/mol. The first-order valence-electron chi connectivity index (χ1n) is 9.31. The van der Waals surface area contributed by atoms with Crippen molar-refractivity contribution in [3.63, 3.8) is 0 Å². The standard InChI is InChI=1S/C23H26O3/c1-17(24)16-18-6-8-19(9-7-18)20-10-12-22(13-11-20)26-15-14-21-4-2-3-5-23(21)25/h2-5,10-13,16,19,25H,6-9,14-15H2,1H3. The summed E-state index contributed by atoms with van der Waals surface area (Å²) in [5.41, 5.74) is 3.54. The minimum Gasteiger partial charge on any atom is -0.508 e. The van der Waals surface area contributed by atoms with E-state index in [1.165, 1.54) is 11.1 Å². The van der Waals surface area contributed by atoms with Gasteiger partial charge in [-0.25, -0.2) is 0 Å². The number of aromatic hydroxyl groups is 1. The molecule has 0 heterocycles. The number of benzene rings is 2. The quantitative estimate of drug-likeness (QED) is 0.730. The number of ketones is 1. The Balaban J connectivity index is 1.49. The average molecular weight is 350 g/mol. The Morgan fingerprint density at radius 3 is 2.46 bits per heavy atom. The molecule has 2 aromatic rings. The molecule has 0 atom stereocenters. The second-order valence-electron chi connectivity index (χ2n) is 6.98. The van der Waals surface area contributed by atoms with Crippen molar-refractivity contribution in [2.24, 2.45) is 0 Å². The molecule has 1 saturated carbocycles. The van der Waals surface area contributed by atoms with Crippen LogP contribution in [-0.4, -0.2) is 17.5 Å². The molecule has 0 saturated heterocycles. The molecule has 26 heavy (non-hydrogen) atoms. The van der Waals surface area contributed by atoms with Crippen LogP contribution in [0.5, 0.6) is 11.5 Å². The van der Waals surface area contributed by atoms with E-state index >= 15 is 0 Å². The normalized spacial score (nSPS) is 17.0. The summed E-state index contributed by atoms with van der Waals surface area (Å²) in [4.78, 5) is 11.2. The van der Waals surface area contributed by atoms with Gasteiger partial charge in [0.25, 0.3) is 0 Å². The molecule has 0 unspecified atom stereocenters. The molecule has 0 amide bonds. The highest BCUT2D eigenvalue weighted by atomic mass is 16.5. The maximum absolute atomic E-state index is 11.2. The summed E-state index contributed by atoms with van der Waals surface area (Å²) in [6.07, 6.45) is 6.73. The van der Waals surface area contributed by atoms with Gasteiger partial charge in [-0.1, -0.05) is 35.9 Å². The number of rotatable bonds is 6. The van der Waals surface area contributed by atoms with Gasteiger partial charge in [0, 0.05) is 6.42 Å². The van der Waals surface area contributed by atoms with Crippen LogP contribution in [0.15, 0.2) is 60.2 Å². The molecule has 0 radical (unpaired) electrons. The van der Waals surface area contributed by atoms with Crippen LogP contribution in [-0.2, 0) is 11.2 Å². The van der Waals surface area contributed by atoms with Crippen LogP contribution >= 0.6 is 0 Å². The summed E-state index contributed by atoms with van der Waals surface area (Å²) in [6, 6.07) is 15.7. The Morgan fingerprint density at radius 2 is 1.81 bits per heavy atom. The summed E-state index contributed by atoms with van der Waals surface area (Å²) in [7, 11) is 0. The Morgan fingerprint density at radius 1 is 1.12 bits per heavy atom. The lowest BCUT2D eigenvalue weighted by Crippen LogP contribution is -2.07. The van der Waals surface area contributed by atoms with E-state index in [1.807, 2.05) is 30.3 Å². The van der Waals surface area contributed by atoms with Crippen molar-refractivity contribution >= 4 is 5.78 Å². The lowest BCUT2D eigenvalue weighted by Gasteiger charge is -2.24. The van der Waals surface area contributed by atoms with Crippen LogP contribution in [0.25, 0.3) is 0 Å². The number of carbonyl (C=O) groups is 1. The number of carbonyl (C=O) groups excluding carboxylic acids is 1. The van der Waals surface area contributed by atoms with Gasteiger partial charge in [0.2, 0.25) is 0 Å². The summed E-state index contributed by atoms with van der Waals surface area (Å²) < 4.78 is 5.81. The highest BCUT2D eigenvalue weighted by Gasteiger charge is 2.18. The third kappa shape index (κ3) is 4.98. The molecular formula is C23H26O3. The van der Waals surface area contributed by atoms with E-state index in [0.29, 0.717) is 24.7 Å². The summed E-state index contributed by atoms with van der Waals surface area (Å²) in [5.74, 6) is 1.90. The molecule has 0 aromatic heterocycles.